The highest BCUT2D eigenvalue weighted by molar-refractivity contribution is 7.92. The van der Waals surface area contributed by atoms with Crippen molar-refractivity contribution in [3.05, 3.63) is 107 Å². The lowest BCUT2D eigenvalue weighted by atomic mass is 9.93. The molecule has 4 aromatic rings. The van der Waals surface area contributed by atoms with E-state index < -0.39 is 18.3 Å². The van der Waals surface area contributed by atoms with Gasteiger partial charge in [-0.3, -0.25) is 14.3 Å². The minimum absolute atomic E-state index is 0.0127. The van der Waals surface area contributed by atoms with Crippen LogP contribution in [0.3, 0.4) is 0 Å². The molecule has 12 heteroatoms. The topological polar surface area (TPSA) is 114 Å². The van der Waals surface area contributed by atoms with Crippen molar-refractivity contribution in [2.45, 2.75) is 109 Å². The van der Waals surface area contributed by atoms with Gasteiger partial charge in [-0.25, -0.2) is 13.1 Å². The second-order valence-electron chi connectivity index (χ2n) is 15.9. The van der Waals surface area contributed by atoms with Crippen LogP contribution in [0, 0.1) is 6.92 Å². The van der Waals surface area contributed by atoms with Crippen molar-refractivity contribution in [3.8, 4) is 5.69 Å². The SMILES string of the molecule is CCCCN(CCCC)C(=O)c1cc(C)n(-c2ccc(NS(=O)(=O)c3ccccc3)cc2C(=O)N2Cc3ccccc3CC2CO[Si](C)(C)C(C)(C)C)n1. The molecule has 1 aromatic heterocycles. The van der Waals surface area contributed by atoms with Crippen molar-refractivity contribution >= 4 is 35.8 Å². The molecule has 10 nitrogen and oxygen atoms in total. The average Bonchev–Trinajstić information content (AvgIpc) is 3.53. The molecule has 0 bridgehead atoms. The molecular formula is C42H57N5O5SSi. The van der Waals surface area contributed by atoms with E-state index in [0.717, 1.165) is 31.2 Å². The zero-order valence-corrected chi connectivity index (χ0v) is 35.0. The second kappa shape index (κ2) is 17.0. The van der Waals surface area contributed by atoms with E-state index in [1.54, 1.807) is 47.1 Å². The van der Waals surface area contributed by atoms with Gasteiger partial charge >= 0.3 is 0 Å². The number of hydrogen-bond donors (Lipinski definition) is 1. The molecule has 1 atom stereocenters. The molecular weight excluding hydrogens is 715 g/mol. The molecule has 0 fully saturated rings. The molecule has 0 radical (unpaired) electrons. The highest BCUT2D eigenvalue weighted by atomic mass is 32.2. The smallest absolute Gasteiger partial charge is 0.274 e. The molecule has 290 valence electrons. The number of unbranched alkanes of at least 4 members (excludes halogenated alkanes) is 2. The van der Waals surface area contributed by atoms with E-state index in [1.807, 2.05) is 34.9 Å². The van der Waals surface area contributed by atoms with Crippen LogP contribution in [-0.4, -0.2) is 73.9 Å². The van der Waals surface area contributed by atoms with Gasteiger partial charge in [0.05, 0.1) is 28.8 Å². The van der Waals surface area contributed by atoms with Gasteiger partial charge in [-0.05, 0) is 91.8 Å². The van der Waals surface area contributed by atoms with Gasteiger partial charge in [0.15, 0.2) is 14.0 Å². The van der Waals surface area contributed by atoms with Gasteiger partial charge in [0.25, 0.3) is 21.8 Å². The van der Waals surface area contributed by atoms with E-state index >= 15 is 4.79 Å². The first-order valence-corrected chi connectivity index (χ1v) is 23.6. The van der Waals surface area contributed by atoms with E-state index in [2.05, 4.69) is 58.5 Å². The Morgan fingerprint density at radius 1 is 0.926 bits per heavy atom. The third-order valence-corrected chi connectivity index (χ3v) is 16.7. The number of nitrogens with zero attached hydrogens (tertiary/aromatic N) is 4. The minimum atomic E-state index is -3.95. The molecule has 0 saturated carbocycles. The summed E-state index contributed by atoms with van der Waals surface area (Å²) < 4.78 is 38.0. The molecule has 0 saturated heterocycles. The Bertz CT molecular complexity index is 2030. The number of amides is 2. The molecule has 0 aliphatic carbocycles. The molecule has 0 spiro atoms. The number of carbonyl (C=O) groups excluding carboxylic acids is 2. The second-order valence-corrected chi connectivity index (χ2v) is 22.4. The predicted octanol–water partition coefficient (Wildman–Crippen LogP) is 8.61. The van der Waals surface area contributed by atoms with Gasteiger partial charge in [-0.2, -0.15) is 5.10 Å². The largest absolute Gasteiger partial charge is 0.415 e. The Kier molecular flexibility index (Phi) is 12.9. The lowest BCUT2D eigenvalue weighted by Gasteiger charge is -2.41. The summed E-state index contributed by atoms with van der Waals surface area (Å²) in [6.07, 6.45) is 4.36. The summed E-state index contributed by atoms with van der Waals surface area (Å²) in [6, 6.07) is 22.7. The number of fused-ring (bicyclic) bond motifs is 1. The highest BCUT2D eigenvalue weighted by Crippen LogP contribution is 2.37. The van der Waals surface area contributed by atoms with E-state index in [0.29, 0.717) is 49.7 Å². The monoisotopic (exact) mass is 771 g/mol. The zero-order valence-electron chi connectivity index (χ0n) is 33.2. The Hall–Kier alpha value is -4.26. The lowest BCUT2D eigenvalue weighted by molar-refractivity contribution is 0.0554. The third-order valence-electron chi connectivity index (χ3n) is 10.8. The van der Waals surface area contributed by atoms with Crippen molar-refractivity contribution in [1.82, 2.24) is 19.6 Å². The fourth-order valence-electron chi connectivity index (χ4n) is 6.42. The van der Waals surface area contributed by atoms with Crippen LogP contribution in [0.15, 0.2) is 83.8 Å². The Labute approximate surface area is 323 Å². The number of hydrogen-bond acceptors (Lipinski definition) is 6. The van der Waals surface area contributed by atoms with Crippen molar-refractivity contribution < 1.29 is 22.4 Å². The molecule has 1 aliphatic rings. The zero-order chi connectivity index (χ0) is 39.3. The third kappa shape index (κ3) is 9.33. The van der Waals surface area contributed by atoms with E-state index in [1.165, 1.54) is 17.7 Å². The fourth-order valence-corrected chi connectivity index (χ4v) is 8.53. The van der Waals surface area contributed by atoms with Crippen LogP contribution in [0.25, 0.3) is 5.69 Å². The molecule has 2 heterocycles. The quantitative estimate of drug-likeness (QED) is 0.121. The Morgan fingerprint density at radius 2 is 1.56 bits per heavy atom. The van der Waals surface area contributed by atoms with Gasteiger partial charge in [-0.1, -0.05) is 89.9 Å². The van der Waals surface area contributed by atoms with Gasteiger partial charge < -0.3 is 14.2 Å². The van der Waals surface area contributed by atoms with Crippen LogP contribution in [0.2, 0.25) is 18.1 Å². The summed E-state index contributed by atoms with van der Waals surface area (Å²) in [5, 5.41) is 4.79. The molecule has 3 aromatic carbocycles. The summed E-state index contributed by atoms with van der Waals surface area (Å²) in [5.41, 5.74) is 4.17. The molecule has 54 heavy (non-hydrogen) atoms. The summed E-state index contributed by atoms with van der Waals surface area (Å²) >= 11 is 0. The number of aromatic nitrogens is 2. The molecule has 5 rings (SSSR count). The number of nitrogens with one attached hydrogen (secondary N) is 1. The molecule has 2 amide bonds. The van der Waals surface area contributed by atoms with Gasteiger partial charge in [0.1, 0.15) is 0 Å². The Balaban J connectivity index is 1.59. The van der Waals surface area contributed by atoms with Crippen molar-refractivity contribution in [2.75, 3.05) is 24.4 Å². The lowest BCUT2D eigenvalue weighted by Crippen LogP contribution is -2.50. The van der Waals surface area contributed by atoms with Crippen LogP contribution in [0.1, 0.15) is 98.0 Å². The van der Waals surface area contributed by atoms with Gasteiger partial charge in [0, 0.05) is 31.0 Å². The standard InChI is InChI=1S/C42H57N5O5SSi/c1-9-11-24-45(25-12-10-2)41(49)38-26-31(3)47(43-38)39-23-22-34(44-53(50,51)36-20-14-13-15-21-36)28-37(39)40(48)46-29-33-19-17-16-18-32(33)27-35(46)30-52-54(7,8)42(4,5)6/h13-23,26,28,35,44H,9-12,24-25,27,29-30H2,1-8H3. The molecule has 1 unspecified atom stereocenters. The normalized spacial score (nSPS) is 14.8. The first-order chi connectivity index (χ1) is 25.6. The summed E-state index contributed by atoms with van der Waals surface area (Å²) in [7, 11) is -6.11. The number of anilines is 1. The first kappa shape index (κ1) is 40.9. The minimum Gasteiger partial charge on any atom is -0.415 e. The van der Waals surface area contributed by atoms with Gasteiger partial charge in [0.2, 0.25) is 0 Å². The summed E-state index contributed by atoms with van der Waals surface area (Å²) in [6.45, 7) is 19.1. The van der Waals surface area contributed by atoms with E-state index in [9.17, 15) is 13.2 Å². The number of sulfonamides is 1. The van der Waals surface area contributed by atoms with Crippen LogP contribution in [0.4, 0.5) is 5.69 Å². The molecule has 1 N–H and O–H groups in total. The van der Waals surface area contributed by atoms with Crippen LogP contribution in [0.5, 0.6) is 0 Å². The van der Waals surface area contributed by atoms with E-state index in [4.69, 9.17) is 9.52 Å². The highest BCUT2D eigenvalue weighted by Gasteiger charge is 2.40. The fraction of sp³-hybridized carbons (Fsp3) is 0.452. The van der Waals surface area contributed by atoms with Crippen molar-refractivity contribution in [1.29, 1.82) is 0 Å². The average molecular weight is 772 g/mol. The summed E-state index contributed by atoms with van der Waals surface area (Å²) in [4.78, 5) is 32.8. The van der Waals surface area contributed by atoms with Crippen molar-refractivity contribution in [3.63, 3.8) is 0 Å². The maximum absolute atomic E-state index is 15.1. The number of aryl methyl sites for hydroxylation is 1. The van der Waals surface area contributed by atoms with Crippen molar-refractivity contribution in [2.24, 2.45) is 0 Å². The van der Waals surface area contributed by atoms with Crippen LogP contribution >= 0.6 is 0 Å². The van der Waals surface area contributed by atoms with Gasteiger partial charge in [-0.15, -0.1) is 0 Å². The Morgan fingerprint density at radius 3 is 2.19 bits per heavy atom. The number of rotatable bonds is 15. The predicted molar refractivity (Wildman–Crippen MR) is 218 cm³/mol. The maximum Gasteiger partial charge on any atom is 0.274 e. The number of carbonyl (C=O) groups is 2. The van der Waals surface area contributed by atoms with E-state index in [-0.39, 0.29) is 39.0 Å². The molecule has 1 aliphatic heterocycles. The van der Waals surface area contributed by atoms with Crippen LogP contribution in [-0.2, 0) is 27.4 Å². The number of benzene rings is 3. The maximum atomic E-state index is 15.1. The van der Waals surface area contributed by atoms with Crippen LogP contribution < -0.4 is 4.72 Å². The first-order valence-electron chi connectivity index (χ1n) is 19.2. The summed E-state index contributed by atoms with van der Waals surface area (Å²) in [5.74, 6) is -0.422.